The van der Waals surface area contributed by atoms with Crippen LogP contribution in [0.3, 0.4) is 0 Å². The molecule has 0 unspecified atom stereocenters. The van der Waals surface area contributed by atoms with Crippen LogP contribution < -0.4 is 9.47 Å². The van der Waals surface area contributed by atoms with Gasteiger partial charge in [0, 0.05) is 274 Å². The Labute approximate surface area is 455 Å². The fourth-order valence-electron chi connectivity index (χ4n) is 4.19. The Morgan fingerprint density at radius 3 is 1.27 bits per heavy atom. The molecule has 0 N–H and O–H groups in total. The first-order valence-corrected chi connectivity index (χ1v) is 54.4. The van der Waals surface area contributed by atoms with E-state index in [1.165, 1.54) is 62.7 Å². The van der Waals surface area contributed by atoms with Gasteiger partial charge in [-0.3, -0.25) is 4.79 Å². The number of ether oxygens (including phenoxy) is 2. The number of rotatable bonds is 11. The van der Waals surface area contributed by atoms with Gasteiger partial charge in [-0.1, -0.05) is 87.7 Å². The van der Waals surface area contributed by atoms with E-state index in [1.54, 1.807) is 136 Å². The maximum Gasteiger partial charge on any atom is 0.335 e. The Balaban J connectivity index is 0.000000357. The summed E-state index contributed by atoms with van der Waals surface area (Å²) in [6.45, 7) is 2.81. The second kappa shape index (κ2) is 47.5. The largest absolute Gasteiger partial charge is 0.486 e. The molecule has 35 heteroatoms. The molecule has 2 aliphatic heterocycles. The van der Waals surface area contributed by atoms with Gasteiger partial charge in [-0.2, -0.15) is 0 Å². The Bertz CT molecular complexity index is 3020. The molecule has 0 bridgehead atoms. The smallest absolute Gasteiger partial charge is 0.335 e. The number of nitrogens with zero attached hydrogens (tertiary/aromatic N) is 1. The van der Waals surface area contributed by atoms with E-state index in [9.17, 15) is 9.59 Å². The number of hydrogen-bond donors (Lipinski definition) is 0. The van der Waals surface area contributed by atoms with Crippen LogP contribution in [0.25, 0.3) is 0 Å². The monoisotopic (exact) mass is 1390 g/mol. The highest BCUT2D eigenvalue weighted by atomic mass is 33.5. The number of unbranched alkanes of at least 4 members (excludes halogenated alkanes) is 8. The predicted molar refractivity (Wildman–Crippen MR) is 346 cm³/mol. The summed E-state index contributed by atoms with van der Waals surface area (Å²) in [4.78, 5) is 27.7. The molecule has 6 nitrogen and oxygen atoms in total. The maximum absolute atomic E-state index is 11.7. The lowest BCUT2D eigenvalue weighted by molar-refractivity contribution is -0.143. The molecule has 0 saturated heterocycles. The van der Waals surface area contributed by atoms with E-state index >= 15 is 0 Å². The molecule has 4 rings (SSSR count). The number of Topliss-reactive ketones (excluding diaryl/α,β-unsaturated/α-hetero) is 1. The van der Waals surface area contributed by atoms with Crippen molar-refractivity contribution >= 4 is 280 Å². The normalized spacial score (nSPS) is 11.3. The van der Waals surface area contributed by atoms with E-state index in [-0.39, 0.29) is 18.4 Å². The molecule has 0 radical (unpaired) electrons. The van der Waals surface area contributed by atoms with Crippen LogP contribution in [0.15, 0.2) is 53.7 Å². The van der Waals surface area contributed by atoms with E-state index in [0.717, 1.165) is 24.2 Å². The van der Waals surface area contributed by atoms with Crippen LogP contribution in [0, 0.1) is 0 Å². The molecule has 2 aliphatic rings. The van der Waals surface area contributed by atoms with Crippen molar-refractivity contribution in [2.24, 2.45) is 5.16 Å². The summed E-state index contributed by atoms with van der Waals surface area (Å²) in [7, 11) is 47.3. The third-order valence-corrected chi connectivity index (χ3v) is 64.4. The summed E-state index contributed by atoms with van der Waals surface area (Å²) in [5.41, 5.74) is 2.31. The minimum atomic E-state index is -0.255. The SMILES string of the molecule is CCCCCCCCCCCC(=O)O/N=C1\COc2ccccc21.O=C1COc2ccccc21.S=S=S=S=S=S=S=S=S=S=S=S=S=S=S=S=S=S=S=S=S=S=S=S=S=S=S=S=S. The first kappa shape index (κ1) is 62.3. The number of benzene rings is 2. The quantitative estimate of drug-likeness (QED) is 0.146. The van der Waals surface area contributed by atoms with Gasteiger partial charge in [0.2, 0.25) is 5.78 Å². The van der Waals surface area contributed by atoms with Gasteiger partial charge in [0.25, 0.3) is 0 Å². The number of carbonyl (C=O) groups excluding carboxylic acids is 2. The minimum Gasteiger partial charge on any atom is -0.486 e. The fraction of sp³-hybridized carbons (Fsp3) is 0.464. The highest BCUT2D eigenvalue weighted by Crippen LogP contribution is 2.25. The van der Waals surface area contributed by atoms with Crippen molar-refractivity contribution in [2.45, 2.75) is 71.1 Å². The van der Waals surface area contributed by atoms with Gasteiger partial charge in [0.1, 0.15) is 23.8 Å². The van der Waals surface area contributed by atoms with Gasteiger partial charge >= 0.3 is 5.97 Å². The van der Waals surface area contributed by atoms with Crippen LogP contribution in [0.1, 0.15) is 87.1 Å². The van der Waals surface area contributed by atoms with Gasteiger partial charge in [0.05, 0.1) is 5.56 Å². The number of hydrogen-bond acceptors (Lipinski definition) is 8. The molecule has 356 valence electrons. The summed E-state index contributed by atoms with van der Waals surface area (Å²) >= 11 is 9.57. The third-order valence-electron chi connectivity index (χ3n) is 6.57. The molecule has 2 aromatic carbocycles. The van der Waals surface area contributed by atoms with Crippen molar-refractivity contribution in [3.63, 3.8) is 0 Å². The maximum atomic E-state index is 11.7. The first-order valence-electron chi connectivity index (χ1n) is 17.1. The van der Waals surface area contributed by atoms with E-state index < -0.39 is 0 Å². The van der Waals surface area contributed by atoms with Crippen molar-refractivity contribution in [3.05, 3.63) is 59.7 Å². The number of ketones is 1. The Kier molecular flexibility index (Phi) is 47.1. The molecule has 2 aromatic rings. The van der Waals surface area contributed by atoms with Gasteiger partial charge < -0.3 is 14.3 Å². The van der Waals surface area contributed by atoms with E-state index in [0.29, 0.717) is 30.1 Å². The van der Waals surface area contributed by atoms with E-state index in [1.807, 2.05) is 134 Å². The third kappa shape index (κ3) is 35.9. The first-order chi connectivity index (χ1) is 31.1. The second-order valence-electron chi connectivity index (χ2n) is 10.4. The topological polar surface area (TPSA) is 74.2 Å². The fourth-order valence-corrected chi connectivity index (χ4v) is 72.8. The van der Waals surface area contributed by atoms with Crippen LogP contribution in [-0.4, -0.2) is 30.7 Å². The Morgan fingerprint density at radius 2 is 0.857 bits per heavy atom. The summed E-state index contributed by atoms with van der Waals surface area (Å²) in [5.74, 6) is 1.34. The van der Waals surface area contributed by atoms with Gasteiger partial charge in [0.15, 0.2) is 6.61 Å². The zero-order valence-corrected chi connectivity index (χ0v) is 55.6. The molecule has 0 atom stereocenters. The van der Waals surface area contributed by atoms with E-state index in [2.05, 4.69) is 12.1 Å². The van der Waals surface area contributed by atoms with Crippen molar-refractivity contribution in [2.75, 3.05) is 13.2 Å². The predicted octanol–water partition coefficient (Wildman–Crippen LogP) is 6.44. The number of fused-ring (bicyclic) bond motifs is 2. The number of carbonyl (C=O) groups is 2. The van der Waals surface area contributed by atoms with Crippen molar-refractivity contribution in [1.82, 2.24) is 0 Å². The molecule has 0 fully saturated rings. The summed E-state index contributed by atoms with van der Waals surface area (Å²) in [6.07, 6.45) is 11.6. The summed E-state index contributed by atoms with van der Waals surface area (Å²) < 4.78 is 10.5. The van der Waals surface area contributed by atoms with Crippen LogP contribution >= 0.6 is 0 Å². The molecule has 0 amide bonds. The highest BCUT2D eigenvalue weighted by Gasteiger charge is 2.20. The van der Waals surface area contributed by atoms with Gasteiger partial charge in [-0.15, -0.1) is 0 Å². The highest BCUT2D eigenvalue weighted by molar-refractivity contribution is 8.79. The molecular weight excluding hydrogens is 1360 g/mol. The zero-order chi connectivity index (χ0) is 45.1. The van der Waals surface area contributed by atoms with Gasteiger partial charge in [-0.25, -0.2) is 4.79 Å². The van der Waals surface area contributed by atoms with Crippen molar-refractivity contribution in [3.8, 4) is 11.5 Å². The van der Waals surface area contributed by atoms with Crippen LogP contribution in [0.4, 0.5) is 0 Å². The molecular formula is C28H35NO5S29. The summed E-state index contributed by atoms with van der Waals surface area (Å²) in [5, 5.41) is 3.96. The lowest BCUT2D eigenvalue weighted by Gasteiger charge is -2.02. The number of oxime groups is 1. The van der Waals surface area contributed by atoms with Crippen LogP contribution in [0.2, 0.25) is 0 Å². The molecule has 0 spiro atoms. The Hall–Kier alpha value is 3.23. The Morgan fingerprint density at radius 1 is 0.508 bits per heavy atom. The van der Waals surface area contributed by atoms with Crippen molar-refractivity contribution in [1.29, 1.82) is 0 Å². The van der Waals surface area contributed by atoms with Gasteiger partial charge in [-0.05, 0) is 30.7 Å². The average Bonchev–Trinajstić information content (AvgIpc) is 3.91. The zero-order valence-electron chi connectivity index (χ0n) is 31.9. The molecule has 63 heavy (non-hydrogen) atoms. The standard InChI is InChI=1S/C20H29NO3.C8H6O2.S29/c1-2-3-4-5-6-7-8-9-10-15-20(22)24-21-18-16-23-19-14-12-11-13-17(18)19;9-7-5-10-8-4-2-1-3-6(7)8;1-3-5-7-9-11-13-15-17-19-21-23-25-27-29-28-26-24-22-20-18-16-14-12-10-8-6-4-2/h11-14H,2-10,15-16H2,1H3;1-4H,5H2;/b21-18+;;. The van der Waals surface area contributed by atoms with Crippen molar-refractivity contribution < 1.29 is 23.9 Å². The molecule has 0 saturated carbocycles. The average molecular weight is 1400 g/mol. The number of para-hydroxylation sites is 2. The minimum absolute atomic E-state index is 0.0793. The molecule has 0 aromatic heterocycles. The molecule has 2 heterocycles. The van der Waals surface area contributed by atoms with Crippen LogP contribution in [0.5, 0.6) is 11.5 Å². The lowest BCUT2D eigenvalue weighted by Crippen LogP contribution is -2.07. The van der Waals surface area contributed by atoms with Crippen LogP contribution in [-0.2, 0) is 272 Å². The molecule has 0 aliphatic carbocycles. The lowest BCUT2D eigenvalue weighted by atomic mass is 10.1. The van der Waals surface area contributed by atoms with E-state index in [4.69, 9.17) is 36.7 Å². The second-order valence-corrected chi connectivity index (χ2v) is 58.2. The summed E-state index contributed by atoms with van der Waals surface area (Å²) in [6, 6.07) is 14.9.